The van der Waals surface area contributed by atoms with Crippen molar-refractivity contribution in [2.45, 2.75) is 46.1 Å². The van der Waals surface area contributed by atoms with E-state index in [9.17, 15) is 4.79 Å². The molecule has 0 bridgehead atoms. The van der Waals surface area contributed by atoms with Crippen LogP contribution in [0.5, 0.6) is 17.4 Å². The number of para-hydroxylation sites is 2. The molecule has 1 aromatic heterocycles. The lowest BCUT2D eigenvalue weighted by Crippen LogP contribution is -2.38. The van der Waals surface area contributed by atoms with Crippen LogP contribution < -0.4 is 14.8 Å². The Balaban J connectivity index is 1.79. The summed E-state index contributed by atoms with van der Waals surface area (Å²) in [6.07, 6.45) is 5.99. The van der Waals surface area contributed by atoms with Crippen LogP contribution in [0.15, 0.2) is 42.6 Å². The Morgan fingerprint density at radius 1 is 1.10 bits per heavy atom. The van der Waals surface area contributed by atoms with Crippen LogP contribution in [0.25, 0.3) is 0 Å². The predicted octanol–water partition coefficient (Wildman–Crippen LogP) is 4.40. The number of fused-ring (bicyclic) bond motifs is 2. The van der Waals surface area contributed by atoms with E-state index in [1.165, 1.54) is 0 Å². The van der Waals surface area contributed by atoms with E-state index in [1.54, 1.807) is 6.20 Å². The highest BCUT2D eigenvalue weighted by atomic mass is 16.5. The number of nitrogens with zero attached hydrogens (tertiary/aromatic N) is 2. The van der Waals surface area contributed by atoms with Crippen molar-refractivity contribution in [3.05, 3.63) is 48.2 Å². The minimum Gasteiger partial charge on any atom is -0.490 e. The lowest BCUT2D eigenvalue weighted by Gasteiger charge is -2.23. The van der Waals surface area contributed by atoms with Crippen LogP contribution in [0.4, 0.5) is 0 Å². The van der Waals surface area contributed by atoms with E-state index >= 15 is 0 Å². The van der Waals surface area contributed by atoms with Gasteiger partial charge in [-0.25, -0.2) is 4.98 Å². The van der Waals surface area contributed by atoms with E-state index in [-0.39, 0.29) is 5.91 Å². The lowest BCUT2D eigenvalue weighted by molar-refractivity contribution is -0.122. The molecular formula is C24H33N3O3. The molecule has 2 aromatic rings. The summed E-state index contributed by atoms with van der Waals surface area (Å²) in [4.78, 5) is 19.1. The van der Waals surface area contributed by atoms with Crippen molar-refractivity contribution in [1.82, 2.24) is 15.2 Å². The van der Waals surface area contributed by atoms with Gasteiger partial charge < -0.3 is 14.8 Å². The molecule has 0 spiro atoms. The minimum absolute atomic E-state index is 0.0647. The molecule has 1 amide bonds. The Morgan fingerprint density at radius 3 is 2.73 bits per heavy atom. The SMILES string of the molecule is CC(C)CNC(=O)CN1CCCCCCOc2ccccc2Oc2ncccc2C1. The van der Waals surface area contributed by atoms with Gasteiger partial charge in [-0.3, -0.25) is 9.69 Å². The highest BCUT2D eigenvalue weighted by molar-refractivity contribution is 5.78. The zero-order valence-electron chi connectivity index (χ0n) is 18.1. The molecule has 30 heavy (non-hydrogen) atoms. The standard InChI is InChI=1S/C24H33N3O3/c1-19(2)16-26-23(28)18-27-14-7-3-4-8-15-29-21-11-5-6-12-22(21)30-24-20(17-27)10-9-13-25-24/h5-6,9-13,19H,3-4,7-8,14-18H2,1-2H3,(H,26,28). The smallest absolute Gasteiger partial charge is 0.234 e. The fourth-order valence-corrected chi connectivity index (χ4v) is 3.40. The van der Waals surface area contributed by atoms with E-state index in [1.807, 2.05) is 36.4 Å². The average molecular weight is 412 g/mol. The molecule has 0 atom stereocenters. The topological polar surface area (TPSA) is 63.7 Å². The number of nitrogens with one attached hydrogen (secondary N) is 1. The molecule has 6 heteroatoms. The third-order valence-electron chi connectivity index (χ3n) is 5.00. The molecule has 6 nitrogen and oxygen atoms in total. The van der Waals surface area contributed by atoms with Crippen LogP contribution in [0, 0.1) is 5.92 Å². The second-order valence-electron chi connectivity index (χ2n) is 8.19. The van der Waals surface area contributed by atoms with E-state index in [2.05, 4.69) is 29.0 Å². The molecule has 1 aliphatic heterocycles. The number of rotatable bonds is 4. The first-order valence-corrected chi connectivity index (χ1v) is 10.9. The molecule has 1 aromatic carbocycles. The van der Waals surface area contributed by atoms with Crippen LogP contribution in [-0.4, -0.2) is 42.0 Å². The first-order chi connectivity index (χ1) is 14.6. The molecule has 0 saturated heterocycles. The average Bonchev–Trinajstić information content (AvgIpc) is 2.73. The third kappa shape index (κ3) is 7.02. The molecule has 2 heterocycles. The maximum Gasteiger partial charge on any atom is 0.234 e. The Kier molecular flexibility index (Phi) is 8.51. The van der Waals surface area contributed by atoms with Crippen molar-refractivity contribution in [2.75, 3.05) is 26.2 Å². The van der Waals surface area contributed by atoms with Gasteiger partial charge in [-0.1, -0.05) is 44.9 Å². The Morgan fingerprint density at radius 2 is 1.90 bits per heavy atom. The summed E-state index contributed by atoms with van der Waals surface area (Å²) in [6.45, 7) is 7.41. The van der Waals surface area contributed by atoms with Gasteiger partial charge in [0.1, 0.15) is 0 Å². The van der Waals surface area contributed by atoms with Gasteiger partial charge in [0.05, 0.1) is 13.2 Å². The van der Waals surface area contributed by atoms with Crippen LogP contribution in [0.1, 0.15) is 45.1 Å². The zero-order chi connectivity index (χ0) is 21.2. The van der Waals surface area contributed by atoms with Gasteiger partial charge in [0.25, 0.3) is 0 Å². The number of ether oxygens (including phenoxy) is 2. The van der Waals surface area contributed by atoms with Gasteiger partial charge >= 0.3 is 0 Å². The summed E-state index contributed by atoms with van der Waals surface area (Å²) in [6, 6.07) is 11.6. The number of pyridine rings is 1. The van der Waals surface area contributed by atoms with Crippen molar-refractivity contribution in [2.24, 2.45) is 5.92 Å². The Labute approximate surface area is 179 Å². The number of aromatic nitrogens is 1. The molecule has 0 radical (unpaired) electrons. The van der Waals surface area contributed by atoms with E-state index < -0.39 is 0 Å². The first kappa shape index (κ1) is 22.1. The summed E-state index contributed by atoms with van der Waals surface area (Å²) in [5.41, 5.74) is 0.959. The number of carbonyl (C=O) groups excluding carboxylic acids is 1. The lowest BCUT2D eigenvalue weighted by atomic mass is 10.1. The van der Waals surface area contributed by atoms with Crippen molar-refractivity contribution in [1.29, 1.82) is 0 Å². The second-order valence-corrected chi connectivity index (χ2v) is 8.19. The van der Waals surface area contributed by atoms with Crippen LogP contribution >= 0.6 is 0 Å². The third-order valence-corrected chi connectivity index (χ3v) is 5.00. The maximum absolute atomic E-state index is 12.5. The molecule has 0 unspecified atom stereocenters. The van der Waals surface area contributed by atoms with Gasteiger partial charge in [-0.2, -0.15) is 0 Å². The van der Waals surface area contributed by atoms with E-state index in [4.69, 9.17) is 9.47 Å². The molecule has 0 saturated carbocycles. The number of hydrogen-bond donors (Lipinski definition) is 1. The number of hydrogen-bond acceptors (Lipinski definition) is 5. The van der Waals surface area contributed by atoms with Crippen LogP contribution in [0.2, 0.25) is 0 Å². The summed E-state index contributed by atoms with van der Waals surface area (Å²) < 4.78 is 12.1. The zero-order valence-corrected chi connectivity index (χ0v) is 18.1. The molecular weight excluding hydrogens is 378 g/mol. The summed E-state index contributed by atoms with van der Waals surface area (Å²) in [5, 5.41) is 3.03. The highest BCUT2D eigenvalue weighted by Gasteiger charge is 2.16. The minimum atomic E-state index is 0.0647. The number of carbonyl (C=O) groups is 1. The van der Waals surface area contributed by atoms with Gasteiger partial charge in [0.2, 0.25) is 11.8 Å². The van der Waals surface area contributed by atoms with E-state index in [0.717, 1.165) is 43.5 Å². The Bertz CT molecular complexity index is 810. The van der Waals surface area contributed by atoms with Crippen molar-refractivity contribution in [3.8, 4) is 17.4 Å². The van der Waals surface area contributed by atoms with Gasteiger partial charge in [0, 0.05) is 24.8 Å². The maximum atomic E-state index is 12.5. The molecule has 3 rings (SSSR count). The summed E-state index contributed by atoms with van der Waals surface area (Å²) in [5.74, 6) is 2.45. The van der Waals surface area contributed by atoms with Crippen molar-refractivity contribution >= 4 is 5.91 Å². The first-order valence-electron chi connectivity index (χ1n) is 10.9. The van der Waals surface area contributed by atoms with Crippen LogP contribution in [-0.2, 0) is 11.3 Å². The second kappa shape index (κ2) is 11.6. The fraction of sp³-hybridized carbons (Fsp3) is 0.500. The summed E-state index contributed by atoms with van der Waals surface area (Å²) >= 11 is 0. The van der Waals surface area contributed by atoms with E-state index in [0.29, 0.717) is 43.8 Å². The number of benzene rings is 1. The molecule has 0 fully saturated rings. The number of amides is 1. The largest absolute Gasteiger partial charge is 0.490 e. The quantitative estimate of drug-likeness (QED) is 0.808. The molecule has 1 aliphatic rings. The highest BCUT2D eigenvalue weighted by Crippen LogP contribution is 2.32. The van der Waals surface area contributed by atoms with Gasteiger partial charge in [-0.05, 0) is 43.5 Å². The van der Waals surface area contributed by atoms with Crippen molar-refractivity contribution < 1.29 is 14.3 Å². The monoisotopic (exact) mass is 411 g/mol. The molecule has 1 N–H and O–H groups in total. The Hall–Kier alpha value is -2.60. The van der Waals surface area contributed by atoms with Crippen LogP contribution in [0.3, 0.4) is 0 Å². The normalized spacial score (nSPS) is 15.8. The summed E-state index contributed by atoms with van der Waals surface area (Å²) in [7, 11) is 0. The van der Waals surface area contributed by atoms with Gasteiger partial charge in [-0.15, -0.1) is 0 Å². The predicted molar refractivity (Wildman–Crippen MR) is 118 cm³/mol. The molecule has 162 valence electrons. The van der Waals surface area contributed by atoms with Gasteiger partial charge in [0.15, 0.2) is 11.5 Å². The fourth-order valence-electron chi connectivity index (χ4n) is 3.40. The van der Waals surface area contributed by atoms with Crippen molar-refractivity contribution in [3.63, 3.8) is 0 Å². The molecule has 0 aliphatic carbocycles.